The van der Waals surface area contributed by atoms with Crippen LogP contribution >= 0.6 is 0 Å². The molecule has 1 unspecified atom stereocenters. The van der Waals surface area contributed by atoms with Crippen LogP contribution in [-0.4, -0.2) is 49.1 Å². The number of hydrogen-bond donors (Lipinski definition) is 2. The summed E-state index contributed by atoms with van der Waals surface area (Å²) in [5, 5.41) is 10.1. The Labute approximate surface area is 156 Å². The van der Waals surface area contributed by atoms with Crippen molar-refractivity contribution in [1.82, 2.24) is 29.7 Å². The molecule has 8 nitrogen and oxygen atoms in total. The van der Waals surface area contributed by atoms with Crippen LogP contribution in [0.5, 0.6) is 0 Å². The summed E-state index contributed by atoms with van der Waals surface area (Å²) in [7, 11) is 0. The minimum atomic E-state index is -0.919. The standard InChI is InChI=1S/C18H24FN7O/c1-11(19)7-14-8-15(25-24-14)22-16-9-20-17-18(23-16)26(12(2)21-17)10-13-3-5-27-6-4-13/h8-9,11,13H,3-7,10H2,1-2H3,(H2,22,23,24,25). The van der Waals surface area contributed by atoms with Gasteiger partial charge in [0.15, 0.2) is 22.9 Å². The second-order valence-electron chi connectivity index (χ2n) is 7.12. The van der Waals surface area contributed by atoms with Gasteiger partial charge >= 0.3 is 0 Å². The number of H-pyrrole nitrogens is 1. The molecular formula is C18H24FN7O. The normalized spacial score (nSPS) is 16.7. The fourth-order valence-electron chi connectivity index (χ4n) is 3.43. The van der Waals surface area contributed by atoms with E-state index in [1.165, 1.54) is 6.92 Å². The Kier molecular flexibility index (Phi) is 5.02. The molecule has 27 heavy (non-hydrogen) atoms. The van der Waals surface area contributed by atoms with Gasteiger partial charge in [-0.3, -0.25) is 5.10 Å². The van der Waals surface area contributed by atoms with Crippen molar-refractivity contribution >= 4 is 22.9 Å². The molecule has 9 heteroatoms. The van der Waals surface area contributed by atoms with Crippen LogP contribution in [0.3, 0.4) is 0 Å². The third kappa shape index (κ3) is 4.08. The molecule has 0 bridgehead atoms. The molecule has 3 aromatic rings. The first kappa shape index (κ1) is 17.8. The van der Waals surface area contributed by atoms with E-state index in [-0.39, 0.29) is 0 Å². The quantitative estimate of drug-likeness (QED) is 0.690. The molecule has 1 saturated heterocycles. The van der Waals surface area contributed by atoms with Gasteiger partial charge in [-0.25, -0.2) is 19.3 Å². The van der Waals surface area contributed by atoms with E-state index in [0.717, 1.165) is 49.8 Å². The van der Waals surface area contributed by atoms with E-state index in [1.807, 2.05) is 6.92 Å². The van der Waals surface area contributed by atoms with E-state index < -0.39 is 6.17 Å². The van der Waals surface area contributed by atoms with Crippen LogP contribution < -0.4 is 5.32 Å². The number of fused-ring (bicyclic) bond motifs is 1. The molecule has 3 aromatic heterocycles. The fourth-order valence-corrected chi connectivity index (χ4v) is 3.43. The van der Waals surface area contributed by atoms with Gasteiger partial charge in [-0.05, 0) is 32.6 Å². The SMILES string of the molecule is Cc1nc2ncc(Nc3cc(CC(C)F)[nH]n3)nc2n1CC1CCOCC1. The van der Waals surface area contributed by atoms with Gasteiger partial charge < -0.3 is 14.6 Å². The minimum absolute atomic E-state index is 0.302. The molecule has 0 aromatic carbocycles. The maximum atomic E-state index is 13.1. The van der Waals surface area contributed by atoms with Crippen LogP contribution in [0.25, 0.3) is 11.3 Å². The van der Waals surface area contributed by atoms with E-state index in [1.54, 1.807) is 12.3 Å². The Bertz CT molecular complexity index is 914. The number of halogens is 1. The predicted molar refractivity (Wildman–Crippen MR) is 99.7 cm³/mol. The molecule has 4 rings (SSSR count). The monoisotopic (exact) mass is 373 g/mol. The van der Waals surface area contributed by atoms with Gasteiger partial charge in [0.1, 0.15) is 12.0 Å². The fraction of sp³-hybridized carbons (Fsp3) is 0.556. The van der Waals surface area contributed by atoms with Crippen molar-refractivity contribution in [2.24, 2.45) is 5.92 Å². The number of alkyl halides is 1. The first-order chi connectivity index (χ1) is 13.1. The molecule has 0 amide bonds. The summed E-state index contributed by atoms with van der Waals surface area (Å²) < 4.78 is 20.7. The van der Waals surface area contributed by atoms with Gasteiger partial charge in [0.2, 0.25) is 0 Å². The molecule has 2 N–H and O–H groups in total. The van der Waals surface area contributed by atoms with E-state index in [9.17, 15) is 4.39 Å². The minimum Gasteiger partial charge on any atom is -0.381 e. The lowest BCUT2D eigenvalue weighted by Crippen LogP contribution is -2.21. The Morgan fingerprint density at radius 1 is 1.33 bits per heavy atom. The van der Waals surface area contributed by atoms with Crippen LogP contribution in [0.4, 0.5) is 16.0 Å². The summed E-state index contributed by atoms with van der Waals surface area (Å²) >= 11 is 0. The first-order valence-electron chi connectivity index (χ1n) is 9.31. The van der Waals surface area contributed by atoms with Crippen LogP contribution in [0.15, 0.2) is 12.3 Å². The number of rotatable bonds is 6. The Morgan fingerprint density at radius 2 is 2.15 bits per heavy atom. The van der Waals surface area contributed by atoms with E-state index in [0.29, 0.717) is 29.6 Å². The van der Waals surface area contributed by atoms with Crippen molar-refractivity contribution in [2.75, 3.05) is 18.5 Å². The zero-order chi connectivity index (χ0) is 18.8. The molecule has 144 valence electrons. The highest BCUT2D eigenvalue weighted by Crippen LogP contribution is 2.22. The summed E-state index contributed by atoms with van der Waals surface area (Å²) in [4.78, 5) is 13.7. The zero-order valence-electron chi connectivity index (χ0n) is 15.6. The van der Waals surface area contributed by atoms with Crippen LogP contribution in [0.1, 0.15) is 31.3 Å². The van der Waals surface area contributed by atoms with Gasteiger partial charge in [-0.1, -0.05) is 0 Å². The second-order valence-corrected chi connectivity index (χ2v) is 7.12. The maximum Gasteiger partial charge on any atom is 0.197 e. The number of nitrogens with one attached hydrogen (secondary N) is 2. The zero-order valence-corrected chi connectivity index (χ0v) is 15.6. The van der Waals surface area contributed by atoms with Crippen molar-refractivity contribution in [3.8, 4) is 0 Å². The number of hydrogen-bond acceptors (Lipinski definition) is 6. The number of ether oxygens (including phenoxy) is 1. The molecule has 0 saturated carbocycles. The number of imidazole rings is 1. The van der Waals surface area contributed by atoms with Gasteiger partial charge in [0.25, 0.3) is 0 Å². The molecule has 0 spiro atoms. The molecule has 1 aliphatic rings. The number of aromatic amines is 1. The van der Waals surface area contributed by atoms with Crippen LogP contribution in [0.2, 0.25) is 0 Å². The van der Waals surface area contributed by atoms with Gasteiger partial charge in [-0.2, -0.15) is 5.10 Å². The summed E-state index contributed by atoms with van der Waals surface area (Å²) in [6.45, 7) is 6.00. The van der Waals surface area contributed by atoms with E-state index in [2.05, 4.69) is 30.0 Å². The Hall–Kier alpha value is -2.55. The summed E-state index contributed by atoms with van der Waals surface area (Å²) in [5.74, 6) is 2.64. The lowest BCUT2D eigenvalue weighted by molar-refractivity contribution is 0.0614. The van der Waals surface area contributed by atoms with Crippen molar-refractivity contribution in [2.45, 2.75) is 45.8 Å². The first-order valence-corrected chi connectivity index (χ1v) is 9.31. The topological polar surface area (TPSA) is 93.5 Å². The van der Waals surface area contributed by atoms with Gasteiger partial charge in [0, 0.05) is 37.9 Å². The highest BCUT2D eigenvalue weighted by atomic mass is 19.1. The maximum absolute atomic E-state index is 13.1. The van der Waals surface area contributed by atoms with Crippen LogP contribution in [0, 0.1) is 12.8 Å². The molecule has 1 aliphatic heterocycles. The summed E-state index contributed by atoms with van der Waals surface area (Å²) in [5.41, 5.74) is 2.14. The molecule has 4 heterocycles. The van der Waals surface area contributed by atoms with Crippen molar-refractivity contribution < 1.29 is 9.13 Å². The third-order valence-corrected chi connectivity index (χ3v) is 4.82. The Morgan fingerprint density at radius 3 is 2.93 bits per heavy atom. The van der Waals surface area contributed by atoms with Crippen molar-refractivity contribution in [3.63, 3.8) is 0 Å². The summed E-state index contributed by atoms with van der Waals surface area (Å²) in [6.07, 6.45) is 3.12. The molecule has 1 atom stereocenters. The number of aromatic nitrogens is 6. The lowest BCUT2D eigenvalue weighted by atomic mass is 10.0. The number of anilines is 2. The van der Waals surface area contributed by atoms with Crippen LogP contribution in [-0.2, 0) is 17.7 Å². The smallest absolute Gasteiger partial charge is 0.197 e. The second kappa shape index (κ2) is 7.59. The molecular weight excluding hydrogens is 349 g/mol. The summed E-state index contributed by atoms with van der Waals surface area (Å²) in [6, 6.07) is 1.78. The number of nitrogens with zero attached hydrogens (tertiary/aromatic N) is 5. The highest BCUT2D eigenvalue weighted by Gasteiger charge is 2.18. The van der Waals surface area contributed by atoms with Crippen molar-refractivity contribution in [3.05, 3.63) is 23.8 Å². The average molecular weight is 373 g/mol. The largest absolute Gasteiger partial charge is 0.381 e. The van der Waals surface area contributed by atoms with Gasteiger partial charge in [0.05, 0.1) is 6.20 Å². The van der Waals surface area contributed by atoms with Crippen molar-refractivity contribution in [1.29, 1.82) is 0 Å². The molecule has 1 fully saturated rings. The average Bonchev–Trinajstić information content (AvgIpc) is 3.20. The lowest BCUT2D eigenvalue weighted by Gasteiger charge is -2.22. The molecule has 0 radical (unpaired) electrons. The Balaban J connectivity index is 1.55. The van der Waals surface area contributed by atoms with E-state index in [4.69, 9.17) is 9.72 Å². The number of aryl methyl sites for hydroxylation is 1. The third-order valence-electron chi connectivity index (χ3n) is 4.82. The van der Waals surface area contributed by atoms with E-state index >= 15 is 0 Å². The highest BCUT2D eigenvalue weighted by molar-refractivity contribution is 5.69. The van der Waals surface area contributed by atoms with Gasteiger partial charge in [-0.15, -0.1) is 0 Å². The molecule has 0 aliphatic carbocycles. The predicted octanol–water partition coefficient (Wildman–Crippen LogP) is 2.93.